The number of alkyl halides is 2. The maximum atomic E-state index is 11.7. The summed E-state index contributed by atoms with van der Waals surface area (Å²) < 4.78 is 27.5. The van der Waals surface area contributed by atoms with Gasteiger partial charge in [0.1, 0.15) is 0 Å². The second kappa shape index (κ2) is 7.88. The Morgan fingerprint density at radius 1 is 1.27 bits per heavy atom. The number of aliphatic hydroxyl groups excluding tert-OH is 1. The molecule has 1 heterocycles. The minimum absolute atomic E-state index is 0.104. The topological polar surface area (TPSA) is 29.5 Å². The van der Waals surface area contributed by atoms with E-state index < -0.39 is 6.11 Å². The third-order valence-corrected chi connectivity index (χ3v) is 0.925. The molecule has 70 valence electrons. The highest BCUT2D eigenvalue weighted by Crippen LogP contribution is 2.27. The summed E-state index contributed by atoms with van der Waals surface area (Å²) in [6.07, 6.45) is -2.42. The van der Waals surface area contributed by atoms with Crippen LogP contribution in [0.15, 0.2) is 0 Å². The fourth-order valence-corrected chi connectivity index (χ4v) is 0.572. The van der Waals surface area contributed by atoms with Crippen LogP contribution in [0.25, 0.3) is 0 Å². The summed E-state index contributed by atoms with van der Waals surface area (Å²) in [7, 11) is 1.00. The van der Waals surface area contributed by atoms with Crippen molar-refractivity contribution in [2.45, 2.75) is 32.8 Å². The highest BCUT2D eigenvalue weighted by atomic mass is 19.3. The van der Waals surface area contributed by atoms with Crippen LogP contribution in [0.1, 0.15) is 26.7 Å². The van der Waals surface area contributed by atoms with Crippen molar-refractivity contribution in [3.63, 3.8) is 0 Å². The molecule has 1 N–H and O–H groups in total. The van der Waals surface area contributed by atoms with Crippen molar-refractivity contribution < 1.29 is 18.6 Å². The van der Waals surface area contributed by atoms with E-state index >= 15 is 0 Å². The van der Waals surface area contributed by atoms with E-state index in [2.05, 4.69) is 4.74 Å². The standard InChI is InChI=1S/C4H6F2O.C2H6.CH4O/c5-4(6)2-1-3-7-4;2*1-2/h1-3H2;1-2H3;2H,1H3. The maximum Gasteiger partial charge on any atom is 0.355 e. The molecule has 0 amide bonds. The summed E-state index contributed by atoms with van der Waals surface area (Å²) in [6.45, 7) is 4.22. The van der Waals surface area contributed by atoms with Crippen LogP contribution in [0.2, 0.25) is 0 Å². The average molecular weight is 170 g/mol. The molecule has 1 saturated heterocycles. The quantitative estimate of drug-likeness (QED) is 0.602. The van der Waals surface area contributed by atoms with Crippen LogP contribution in [0.3, 0.4) is 0 Å². The number of ether oxygens (including phenoxy) is 1. The van der Waals surface area contributed by atoms with Gasteiger partial charge in [0.2, 0.25) is 0 Å². The summed E-state index contributed by atoms with van der Waals surface area (Å²) in [6, 6.07) is 0. The SMILES string of the molecule is CC.CO.FC1(F)CCCO1. The lowest BCUT2D eigenvalue weighted by Gasteiger charge is -2.03. The van der Waals surface area contributed by atoms with Crippen LogP contribution in [0, 0.1) is 0 Å². The van der Waals surface area contributed by atoms with Crippen LogP contribution >= 0.6 is 0 Å². The number of rotatable bonds is 0. The van der Waals surface area contributed by atoms with Gasteiger partial charge in [-0.2, -0.15) is 8.78 Å². The first kappa shape index (κ1) is 13.4. The lowest BCUT2D eigenvalue weighted by Crippen LogP contribution is -2.11. The van der Waals surface area contributed by atoms with Gasteiger partial charge in [-0.25, -0.2) is 0 Å². The van der Waals surface area contributed by atoms with E-state index in [1.54, 1.807) is 0 Å². The van der Waals surface area contributed by atoms with Gasteiger partial charge in [-0.3, -0.25) is 0 Å². The van der Waals surface area contributed by atoms with Gasteiger partial charge in [-0.05, 0) is 6.42 Å². The highest BCUT2D eigenvalue weighted by molar-refractivity contribution is 4.59. The predicted molar refractivity (Wildman–Crippen MR) is 39.6 cm³/mol. The van der Waals surface area contributed by atoms with Gasteiger partial charge in [-0.1, -0.05) is 13.8 Å². The predicted octanol–water partition coefficient (Wildman–Crippen LogP) is 2.02. The van der Waals surface area contributed by atoms with Gasteiger partial charge in [0.05, 0.1) is 6.61 Å². The summed E-state index contributed by atoms with van der Waals surface area (Å²) in [5.74, 6) is 0. The third-order valence-electron chi connectivity index (χ3n) is 0.925. The molecule has 0 radical (unpaired) electrons. The molecule has 4 heteroatoms. The minimum atomic E-state index is -2.81. The van der Waals surface area contributed by atoms with E-state index in [9.17, 15) is 8.78 Å². The van der Waals surface area contributed by atoms with Gasteiger partial charge in [0.25, 0.3) is 0 Å². The van der Waals surface area contributed by atoms with E-state index in [0.29, 0.717) is 6.42 Å². The van der Waals surface area contributed by atoms with Crippen molar-refractivity contribution in [3.05, 3.63) is 0 Å². The minimum Gasteiger partial charge on any atom is -0.400 e. The van der Waals surface area contributed by atoms with Gasteiger partial charge < -0.3 is 9.84 Å². The molecular weight excluding hydrogens is 154 g/mol. The number of aliphatic hydroxyl groups is 1. The van der Waals surface area contributed by atoms with Gasteiger partial charge in [0, 0.05) is 13.5 Å². The van der Waals surface area contributed by atoms with E-state index in [1.807, 2.05) is 13.8 Å². The smallest absolute Gasteiger partial charge is 0.355 e. The van der Waals surface area contributed by atoms with Gasteiger partial charge in [0.15, 0.2) is 0 Å². The third kappa shape index (κ3) is 7.68. The molecule has 0 spiro atoms. The van der Waals surface area contributed by atoms with Crippen LogP contribution in [-0.2, 0) is 4.74 Å². The molecule has 0 aliphatic carbocycles. The largest absolute Gasteiger partial charge is 0.400 e. The normalized spacial score (nSPS) is 19.1. The molecule has 0 bridgehead atoms. The van der Waals surface area contributed by atoms with Crippen LogP contribution in [0.5, 0.6) is 0 Å². The zero-order chi connectivity index (χ0) is 9.33. The van der Waals surface area contributed by atoms with Crippen LogP contribution < -0.4 is 0 Å². The Kier molecular flexibility index (Phi) is 9.58. The zero-order valence-electron chi connectivity index (χ0n) is 7.23. The molecule has 0 atom stereocenters. The molecule has 0 saturated carbocycles. The average Bonchev–Trinajstić information content (AvgIpc) is 2.43. The molecule has 0 unspecified atom stereocenters. The lowest BCUT2D eigenvalue weighted by atomic mass is 10.4. The van der Waals surface area contributed by atoms with Crippen LogP contribution in [-0.4, -0.2) is 24.9 Å². The second-order valence-electron chi connectivity index (χ2n) is 1.59. The second-order valence-corrected chi connectivity index (χ2v) is 1.59. The van der Waals surface area contributed by atoms with Crippen molar-refractivity contribution >= 4 is 0 Å². The summed E-state index contributed by atoms with van der Waals surface area (Å²) in [5.41, 5.74) is 0. The summed E-state index contributed by atoms with van der Waals surface area (Å²) in [5, 5.41) is 7.00. The fourth-order valence-electron chi connectivity index (χ4n) is 0.572. The van der Waals surface area contributed by atoms with Gasteiger partial charge in [-0.15, -0.1) is 0 Å². The Labute approximate surface area is 66.2 Å². The van der Waals surface area contributed by atoms with Crippen molar-refractivity contribution in [1.29, 1.82) is 0 Å². The molecule has 11 heavy (non-hydrogen) atoms. The molecule has 0 aromatic carbocycles. The van der Waals surface area contributed by atoms with Crippen molar-refractivity contribution in [2.75, 3.05) is 13.7 Å². The molecule has 1 aliphatic heterocycles. The summed E-state index contributed by atoms with van der Waals surface area (Å²) >= 11 is 0. The first-order valence-corrected chi connectivity index (χ1v) is 3.67. The van der Waals surface area contributed by atoms with E-state index in [4.69, 9.17) is 5.11 Å². The van der Waals surface area contributed by atoms with E-state index in [0.717, 1.165) is 7.11 Å². The Morgan fingerprint density at radius 2 is 1.73 bits per heavy atom. The maximum absolute atomic E-state index is 11.7. The first-order valence-electron chi connectivity index (χ1n) is 3.67. The Hall–Kier alpha value is -0.220. The molecule has 1 rings (SSSR count). The van der Waals surface area contributed by atoms with E-state index in [-0.39, 0.29) is 13.0 Å². The zero-order valence-corrected chi connectivity index (χ0v) is 7.23. The number of hydrogen-bond acceptors (Lipinski definition) is 2. The fraction of sp³-hybridized carbons (Fsp3) is 1.00. The van der Waals surface area contributed by atoms with Crippen LogP contribution in [0.4, 0.5) is 8.78 Å². The Balaban J connectivity index is 0. The highest BCUT2D eigenvalue weighted by Gasteiger charge is 2.33. The monoisotopic (exact) mass is 170 g/mol. The Morgan fingerprint density at radius 3 is 1.82 bits per heavy atom. The molecule has 1 fully saturated rings. The van der Waals surface area contributed by atoms with Crippen molar-refractivity contribution in [2.24, 2.45) is 0 Å². The van der Waals surface area contributed by atoms with E-state index in [1.165, 1.54) is 0 Å². The molecule has 2 nitrogen and oxygen atoms in total. The van der Waals surface area contributed by atoms with Crippen molar-refractivity contribution in [1.82, 2.24) is 0 Å². The Bertz CT molecular complexity index is 68.8. The molecule has 0 aromatic heterocycles. The first-order chi connectivity index (χ1) is 5.21. The molecule has 1 aliphatic rings. The van der Waals surface area contributed by atoms with Crippen molar-refractivity contribution in [3.8, 4) is 0 Å². The molecular formula is C7H16F2O2. The number of halogens is 2. The summed E-state index contributed by atoms with van der Waals surface area (Å²) in [4.78, 5) is 0. The number of hydrogen-bond donors (Lipinski definition) is 1. The van der Waals surface area contributed by atoms with Gasteiger partial charge >= 0.3 is 6.11 Å². The molecule has 0 aromatic rings. The lowest BCUT2D eigenvalue weighted by molar-refractivity contribution is -0.205.